The number of hydrogen-bond acceptors (Lipinski definition) is 7. The fraction of sp³-hybridized carbons (Fsp3) is 0.421. The molecule has 0 radical (unpaired) electrons. The monoisotopic (exact) mass is 487 g/mol. The van der Waals surface area contributed by atoms with Crippen LogP contribution in [0.4, 0.5) is 0 Å². The molecule has 1 saturated heterocycles. The van der Waals surface area contributed by atoms with Gasteiger partial charge in [0.25, 0.3) is 5.91 Å². The van der Waals surface area contributed by atoms with Crippen LogP contribution in [0.3, 0.4) is 0 Å². The van der Waals surface area contributed by atoms with Crippen molar-refractivity contribution in [3.63, 3.8) is 0 Å². The molecule has 0 spiro atoms. The van der Waals surface area contributed by atoms with Crippen molar-refractivity contribution in [2.75, 3.05) is 32.8 Å². The van der Waals surface area contributed by atoms with Crippen molar-refractivity contribution in [1.29, 1.82) is 0 Å². The lowest BCUT2D eigenvalue weighted by Crippen LogP contribution is -2.40. The quantitative estimate of drug-likeness (QED) is 0.592. The predicted molar refractivity (Wildman–Crippen MR) is 109 cm³/mol. The molecule has 0 unspecified atom stereocenters. The molecule has 0 aliphatic carbocycles. The molecule has 1 aliphatic heterocycles. The van der Waals surface area contributed by atoms with Gasteiger partial charge in [0, 0.05) is 11.6 Å². The Hall–Kier alpha value is -2.20. The highest BCUT2D eigenvalue weighted by molar-refractivity contribution is 9.10. The zero-order chi connectivity index (χ0) is 21.2. The highest BCUT2D eigenvalue weighted by atomic mass is 79.9. The van der Waals surface area contributed by atoms with Crippen molar-refractivity contribution >= 4 is 31.7 Å². The van der Waals surface area contributed by atoms with E-state index >= 15 is 0 Å². The summed E-state index contributed by atoms with van der Waals surface area (Å²) in [6.07, 6.45) is 0.375. The molecule has 29 heavy (non-hydrogen) atoms. The zero-order valence-corrected chi connectivity index (χ0v) is 18.7. The van der Waals surface area contributed by atoms with Crippen LogP contribution >= 0.6 is 15.9 Å². The second-order valence-corrected chi connectivity index (χ2v) is 9.62. The van der Waals surface area contributed by atoms with Gasteiger partial charge in [-0.25, -0.2) is 8.42 Å². The van der Waals surface area contributed by atoms with E-state index in [1.54, 1.807) is 24.3 Å². The summed E-state index contributed by atoms with van der Waals surface area (Å²) in [5.74, 6) is 1.23. The van der Waals surface area contributed by atoms with E-state index in [-0.39, 0.29) is 24.0 Å². The summed E-state index contributed by atoms with van der Waals surface area (Å²) in [6, 6.07) is 6.12. The van der Waals surface area contributed by atoms with Crippen LogP contribution in [0.1, 0.15) is 22.5 Å². The minimum absolute atomic E-state index is 0.0541. The highest BCUT2D eigenvalue weighted by Crippen LogP contribution is 2.39. The predicted octanol–water partition coefficient (Wildman–Crippen LogP) is 2.90. The lowest BCUT2D eigenvalue weighted by molar-refractivity contribution is 0.0664. The first-order valence-electron chi connectivity index (χ1n) is 8.83. The molecule has 2 aromatic rings. The third kappa shape index (κ3) is 4.69. The summed E-state index contributed by atoms with van der Waals surface area (Å²) < 4.78 is 46.1. The number of furan rings is 1. The van der Waals surface area contributed by atoms with Crippen molar-refractivity contribution in [3.05, 3.63) is 40.3 Å². The van der Waals surface area contributed by atoms with Crippen molar-refractivity contribution in [3.8, 4) is 17.2 Å². The maximum Gasteiger partial charge on any atom is 0.254 e. The summed E-state index contributed by atoms with van der Waals surface area (Å²) in [5.41, 5.74) is 0.300. The number of halogens is 1. The van der Waals surface area contributed by atoms with E-state index in [1.807, 2.05) is 0 Å². The van der Waals surface area contributed by atoms with Gasteiger partial charge < -0.3 is 23.5 Å². The van der Waals surface area contributed by atoms with E-state index in [2.05, 4.69) is 15.9 Å². The van der Waals surface area contributed by atoms with Crippen LogP contribution in [0.2, 0.25) is 0 Å². The smallest absolute Gasteiger partial charge is 0.254 e. The number of ether oxygens (including phenoxy) is 3. The molecular formula is C19H22BrNO7S. The average molecular weight is 488 g/mol. The van der Waals surface area contributed by atoms with Crippen LogP contribution in [0.15, 0.2) is 33.4 Å². The van der Waals surface area contributed by atoms with Crippen LogP contribution in [0.5, 0.6) is 17.2 Å². The van der Waals surface area contributed by atoms with Crippen molar-refractivity contribution < 1.29 is 31.8 Å². The van der Waals surface area contributed by atoms with E-state index in [0.717, 1.165) is 0 Å². The maximum absolute atomic E-state index is 13.4. The van der Waals surface area contributed by atoms with Crippen LogP contribution in [0.25, 0.3) is 0 Å². The fourth-order valence-corrected chi connectivity index (χ4v) is 5.43. The molecular weight excluding hydrogens is 466 g/mol. The fourth-order valence-electron chi connectivity index (χ4n) is 3.36. The summed E-state index contributed by atoms with van der Waals surface area (Å²) in [4.78, 5) is 14.9. The molecule has 2 heterocycles. The molecule has 8 nitrogen and oxygen atoms in total. The van der Waals surface area contributed by atoms with Gasteiger partial charge in [-0.3, -0.25) is 4.79 Å². The number of methoxy groups -OCH3 is 3. The molecule has 0 saturated carbocycles. The summed E-state index contributed by atoms with van der Waals surface area (Å²) >= 11 is 3.25. The van der Waals surface area contributed by atoms with Crippen LogP contribution in [-0.2, 0) is 16.4 Å². The van der Waals surface area contributed by atoms with Crippen LogP contribution < -0.4 is 14.2 Å². The largest absolute Gasteiger partial charge is 0.493 e. The van der Waals surface area contributed by atoms with Crippen molar-refractivity contribution in [2.45, 2.75) is 19.0 Å². The van der Waals surface area contributed by atoms with E-state index in [1.165, 1.54) is 26.2 Å². The second-order valence-electron chi connectivity index (χ2n) is 6.61. The first kappa shape index (κ1) is 21.5. The summed E-state index contributed by atoms with van der Waals surface area (Å²) in [7, 11) is 1.23. The Balaban J connectivity index is 1.99. The number of benzene rings is 1. The minimum atomic E-state index is -3.18. The first-order chi connectivity index (χ1) is 13.8. The minimum Gasteiger partial charge on any atom is -0.493 e. The molecule has 3 rings (SSSR count). The van der Waals surface area contributed by atoms with Gasteiger partial charge in [0.2, 0.25) is 5.75 Å². The van der Waals surface area contributed by atoms with Gasteiger partial charge >= 0.3 is 0 Å². The molecule has 1 atom stereocenters. The number of carbonyl (C=O) groups is 1. The highest BCUT2D eigenvalue weighted by Gasteiger charge is 2.36. The topological polar surface area (TPSA) is 95.3 Å². The maximum atomic E-state index is 13.4. The molecule has 0 bridgehead atoms. The Bertz CT molecular complexity index is 977. The van der Waals surface area contributed by atoms with E-state index < -0.39 is 15.9 Å². The third-order valence-corrected chi connectivity index (χ3v) is 6.95. The molecule has 158 valence electrons. The number of amides is 1. The van der Waals surface area contributed by atoms with E-state index in [0.29, 0.717) is 39.7 Å². The molecule has 1 amide bonds. The van der Waals surface area contributed by atoms with Crippen molar-refractivity contribution in [2.24, 2.45) is 0 Å². The van der Waals surface area contributed by atoms with Gasteiger partial charge in [-0.1, -0.05) is 0 Å². The number of sulfone groups is 1. The Kier molecular flexibility index (Phi) is 6.42. The van der Waals surface area contributed by atoms with E-state index in [9.17, 15) is 13.2 Å². The molecule has 1 fully saturated rings. The second kappa shape index (κ2) is 8.66. The lowest BCUT2D eigenvalue weighted by atomic mass is 10.1. The van der Waals surface area contributed by atoms with Crippen LogP contribution in [-0.4, -0.2) is 58.1 Å². The summed E-state index contributed by atoms with van der Waals surface area (Å²) in [5, 5.41) is 0. The third-order valence-electron chi connectivity index (χ3n) is 4.78. The lowest BCUT2D eigenvalue weighted by Gasteiger charge is -2.28. The summed E-state index contributed by atoms with van der Waals surface area (Å²) in [6.45, 7) is 0.140. The van der Waals surface area contributed by atoms with Crippen molar-refractivity contribution in [1.82, 2.24) is 4.90 Å². The van der Waals surface area contributed by atoms with Gasteiger partial charge in [0.1, 0.15) is 5.76 Å². The molecule has 1 aliphatic rings. The number of rotatable bonds is 7. The Morgan fingerprint density at radius 3 is 2.28 bits per heavy atom. The Morgan fingerprint density at radius 1 is 1.17 bits per heavy atom. The standard InChI is InChI=1S/C19H22BrNO7S/c1-25-15-8-12(9-16(26-2)18(15)27-3)19(22)21(10-14-4-5-17(20)28-14)13-6-7-29(23,24)11-13/h4-5,8-9,13H,6-7,10-11H2,1-3H3/t13-/m0/s1. The van der Waals surface area contributed by atoms with Gasteiger partial charge in [0.15, 0.2) is 26.0 Å². The average Bonchev–Trinajstić information content (AvgIpc) is 3.28. The first-order valence-corrected chi connectivity index (χ1v) is 11.4. The normalized spacial score (nSPS) is 17.7. The SMILES string of the molecule is COc1cc(C(=O)N(Cc2ccc(Br)o2)[C@H]2CCS(=O)(=O)C2)cc(OC)c1OC. The van der Waals surface area contributed by atoms with Gasteiger partial charge in [-0.2, -0.15) is 0 Å². The Labute approximate surface area is 177 Å². The Morgan fingerprint density at radius 2 is 1.83 bits per heavy atom. The zero-order valence-electron chi connectivity index (χ0n) is 16.3. The van der Waals surface area contributed by atoms with Crippen LogP contribution in [0, 0.1) is 0 Å². The molecule has 1 aromatic heterocycles. The van der Waals surface area contributed by atoms with E-state index in [4.69, 9.17) is 18.6 Å². The number of carbonyl (C=O) groups excluding carboxylic acids is 1. The molecule has 0 N–H and O–H groups in total. The van der Waals surface area contributed by atoms with Gasteiger partial charge in [0.05, 0.1) is 39.4 Å². The van der Waals surface area contributed by atoms with Gasteiger partial charge in [-0.15, -0.1) is 0 Å². The van der Waals surface area contributed by atoms with Gasteiger partial charge in [-0.05, 0) is 46.6 Å². The molecule has 10 heteroatoms. The molecule has 1 aromatic carbocycles. The number of hydrogen-bond donors (Lipinski definition) is 0. The number of nitrogens with zero attached hydrogens (tertiary/aromatic N) is 1.